The quantitative estimate of drug-likeness (QED) is 0.324. The number of allylic oxidation sites excluding steroid dienone is 2. The van der Waals surface area contributed by atoms with E-state index in [1.54, 1.807) is 11.8 Å². The van der Waals surface area contributed by atoms with Gasteiger partial charge in [0.1, 0.15) is 5.82 Å². The molecule has 2 aliphatic rings. The number of carbonyl (C=O) groups excluding carboxylic acids is 1. The number of nitrogens with one attached hydrogen (secondary N) is 2. The molecule has 158 valence electrons. The molecule has 1 unspecified atom stereocenters. The maximum Gasteiger partial charge on any atom is 0.257 e. The number of rotatable bonds is 5. The second kappa shape index (κ2) is 8.35. The molecule has 0 fully saturated rings. The highest BCUT2D eigenvalue weighted by Crippen LogP contribution is 2.48. The minimum absolute atomic E-state index is 0.0981. The topological polar surface area (TPSA) is 74.8 Å². The number of hydrogen-bond acceptors (Lipinski definition) is 5. The molecule has 2 heterocycles. The Bertz CT molecular complexity index is 1090. The van der Waals surface area contributed by atoms with E-state index in [-0.39, 0.29) is 16.8 Å². The molecule has 4 rings (SSSR count). The molecule has 1 aromatic heterocycles. The van der Waals surface area contributed by atoms with Crippen molar-refractivity contribution in [2.24, 2.45) is 5.41 Å². The zero-order chi connectivity index (χ0) is 21.5. The normalized spacial score (nSPS) is 19.9. The Morgan fingerprint density at radius 2 is 2.00 bits per heavy atom. The predicted molar refractivity (Wildman–Crippen MR) is 125 cm³/mol. The van der Waals surface area contributed by atoms with E-state index in [2.05, 4.69) is 47.0 Å². The van der Waals surface area contributed by atoms with Crippen molar-refractivity contribution in [1.82, 2.24) is 9.97 Å². The van der Waals surface area contributed by atoms with Crippen LogP contribution in [0.25, 0.3) is 0 Å². The first-order valence-corrected chi connectivity index (χ1v) is 12.1. The number of aromatic amines is 1. The number of unbranched alkanes of at least 4 members (excludes halogenated alkanes) is 1. The van der Waals surface area contributed by atoms with Gasteiger partial charge in [0.2, 0.25) is 0 Å². The number of fused-ring (bicyclic) bond motifs is 1. The molecule has 7 heteroatoms. The van der Waals surface area contributed by atoms with Crippen molar-refractivity contribution in [1.29, 1.82) is 0 Å². The first-order valence-electron chi connectivity index (χ1n) is 10.4. The number of H-pyrrole nitrogens is 1. The highest BCUT2D eigenvalue weighted by atomic mass is 79.9. The summed E-state index contributed by atoms with van der Waals surface area (Å²) in [7, 11) is 0. The molecule has 1 aromatic carbocycles. The van der Waals surface area contributed by atoms with Gasteiger partial charge in [-0.1, -0.05) is 73.1 Å². The van der Waals surface area contributed by atoms with Gasteiger partial charge in [-0.05, 0) is 29.9 Å². The van der Waals surface area contributed by atoms with Crippen molar-refractivity contribution in [2.45, 2.75) is 57.5 Å². The molecule has 0 saturated heterocycles. The summed E-state index contributed by atoms with van der Waals surface area (Å²) in [5.74, 6) is 1.15. The fourth-order valence-corrected chi connectivity index (χ4v) is 5.76. The van der Waals surface area contributed by atoms with Gasteiger partial charge in [-0.2, -0.15) is 0 Å². The molecule has 2 N–H and O–H groups in total. The van der Waals surface area contributed by atoms with Crippen LogP contribution in [-0.2, 0) is 4.79 Å². The smallest absolute Gasteiger partial charge is 0.257 e. The van der Waals surface area contributed by atoms with Gasteiger partial charge in [0, 0.05) is 33.8 Å². The summed E-state index contributed by atoms with van der Waals surface area (Å²) in [4.78, 5) is 34.2. The molecule has 0 saturated carbocycles. The highest BCUT2D eigenvalue weighted by molar-refractivity contribution is 9.10. The molecular formula is C23H26BrN3O2S. The summed E-state index contributed by atoms with van der Waals surface area (Å²) in [6, 6.07) is 7.80. The molecule has 1 aliphatic carbocycles. The molecule has 0 spiro atoms. The van der Waals surface area contributed by atoms with Crippen LogP contribution < -0.4 is 10.9 Å². The van der Waals surface area contributed by atoms with Crippen LogP contribution in [-0.4, -0.2) is 21.5 Å². The lowest BCUT2D eigenvalue weighted by atomic mass is 9.69. The van der Waals surface area contributed by atoms with Gasteiger partial charge in [-0.15, -0.1) is 0 Å². The number of halogens is 1. The average molecular weight is 488 g/mol. The van der Waals surface area contributed by atoms with E-state index in [1.807, 2.05) is 24.3 Å². The van der Waals surface area contributed by atoms with Gasteiger partial charge in [-0.25, -0.2) is 4.98 Å². The Hall–Kier alpha value is -1.86. The summed E-state index contributed by atoms with van der Waals surface area (Å²) >= 11 is 5.20. The molecule has 1 aliphatic heterocycles. The van der Waals surface area contributed by atoms with E-state index >= 15 is 0 Å². The van der Waals surface area contributed by atoms with Crippen LogP contribution in [0, 0.1) is 5.41 Å². The SMILES string of the molecule is CCCCSc1nc2c(c(=O)[nH]1)C(c1ccccc1Br)C1=C(CC(C)(C)CC1=O)N2. The Morgan fingerprint density at radius 3 is 2.73 bits per heavy atom. The van der Waals surface area contributed by atoms with Crippen LogP contribution in [0.3, 0.4) is 0 Å². The Balaban J connectivity index is 1.89. The highest BCUT2D eigenvalue weighted by Gasteiger charge is 2.42. The summed E-state index contributed by atoms with van der Waals surface area (Å²) in [6.07, 6.45) is 3.38. The molecule has 0 radical (unpaired) electrons. The third-order valence-electron chi connectivity index (χ3n) is 5.65. The molecule has 1 atom stereocenters. The van der Waals surface area contributed by atoms with Crippen LogP contribution in [0.2, 0.25) is 0 Å². The van der Waals surface area contributed by atoms with Gasteiger partial charge < -0.3 is 10.3 Å². The minimum atomic E-state index is -0.429. The lowest BCUT2D eigenvalue weighted by molar-refractivity contribution is -0.118. The Kier molecular flexibility index (Phi) is 5.95. The van der Waals surface area contributed by atoms with Gasteiger partial charge in [0.15, 0.2) is 10.9 Å². The predicted octanol–water partition coefficient (Wildman–Crippen LogP) is 5.63. The van der Waals surface area contributed by atoms with Gasteiger partial charge >= 0.3 is 0 Å². The lowest BCUT2D eigenvalue weighted by Gasteiger charge is -2.38. The number of thioether (sulfide) groups is 1. The van der Waals surface area contributed by atoms with Crippen LogP contribution in [0.4, 0.5) is 5.82 Å². The molecule has 2 aromatic rings. The van der Waals surface area contributed by atoms with E-state index in [9.17, 15) is 9.59 Å². The molecule has 0 amide bonds. The molecule has 5 nitrogen and oxygen atoms in total. The number of anilines is 1. The first-order chi connectivity index (χ1) is 14.3. The number of ketones is 1. The van der Waals surface area contributed by atoms with E-state index < -0.39 is 5.92 Å². The van der Waals surface area contributed by atoms with Crippen molar-refractivity contribution >= 4 is 39.3 Å². The number of benzene rings is 1. The summed E-state index contributed by atoms with van der Waals surface area (Å²) in [5.41, 5.74) is 2.72. The maximum atomic E-state index is 13.3. The number of hydrogen-bond donors (Lipinski definition) is 2. The van der Waals surface area contributed by atoms with Crippen molar-refractivity contribution in [2.75, 3.05) is 11.1 Å². The number of aromatic nitrogens is 2. The van der Waals surface area contributed by atoms with E-state index in [1.165, 1.54) is 0 Å². The molecule has 0 bridgehead atoms. The Labute approximate surface area is 189 Å². The van der Waals surface area contributed by atoms with Crippen molar-refractivity contribution in [3.63, 3.8) is 0 Å². The second-order valence-electron chi connectivity index (χ2n) is 8.75. The third-order valence-corrected chi connectivity index (χ3v) is 7.33. The monoisotopic (exact) mass is 487 g/mol. The average Bonchev–Trinajstić information content (AvgIpc) is 2.66. The zero-order valence-corrected chi connectivity index (χ0v) is 19.9. The van der Waals surface area contributed by atoms with Gasteiger partial charge in [0.05, 0.1) is 5.56 Å². The maximum absolute atomic E-state index is 13.3. The van der Waals surface area contributed by atoms with Crippen molar-refractivity contribution in [3.05, 3.63) is 61.5 Å². The van der Waals surface area contributed by atoms with Crippen LogP contribution in [0.5, 0.6) is 0 Å². The van der Waals surface area contributed by atoms with E-state index in [4.69, 9.17) is 4.98 Å². The van der Waals surface area contributed by atoms with E-state index in [0.717, 1.165) is 40.7 Å². The van der Waals surface area contributed by atoms with Gasteiger partial charge in [-0.3, -0.25) is 9.59 Å². The number of nitrogens with zero attached hydrogens (tertiary/aromatic N) is 1. The van der Waals surface area contributed by atoms with Crippen molar-refractivity contribution < 1.29 is 4.79 Å². The van der Waals surface area contributed by atoms with Crippen LogP contribution >= 0.6 is 27.7 Å². The lowest BCUT2D eigenvalue weighted by Crippen LogP contribution is -2.37. The molecular weight excluding hydrogens is 462 g/mol. The van der Waals surface area contributed by atoms with Gasteiger partial charge in [0.25, 0.3) is 5.56 Å². The molecule has 30 heavy (non-hydrogen) atoms. The Morgan fingerprint density at radius 1 is 1.23 bits per heavy atom. The summed E-state index contributed by atoms with van der Waals surface area (Å²) in [6.45, 7) is 6.36. The fraction of sp³-hybridized carbons (Fsp3) is 0.435. The summed E-state index contributed by atoms with van der Waals surface area (Å²) < 4.78 is 0.883. The van der Waals surface area contributed by atoms with Crippen LogP contribution in [0.1, 0.15) is 63.5 Å². The third kappa shape index (κ3) is 4.02. The standard InChI is InChI=1S/C23H26BrN3O2S/c1-4-5-10-30-22-26-20-19(21(29)27-22)17(13-8-6-7-9-14(13)24)18-15(25-20)11-23(2,3)12-16(18)28/h6-9,17H,4-5,10-12H2,1-3H3,(H2,25,26,27,29). The number of carbonyl (C=O) groups is 1. The van der Waals surface area contributed by atoms with Crippen molar-refractivity contribution in [3.8, 4) is 0 Å². The summed E-state index contributed by atoms with van der Waals surface area (Å²) in [5, 5.41) is 4.00. The second-order valence-corrected chi connectivity index (χ2v) is 10.7. The van der Waals surface area contributed by atoms with E-state index in [0.29, 0.717) is 28.5 Å². The number of Topliss-reactive ketones (excluding diaryl/α,β-unsaturated/α-hetero) is 1. The fourth-order valence-electron chi connectivity index (χ4n) is 4.30. The largest absolute Gasteiger partial charge is 0.343 e. The first kappa shape index (κ1) is 21.4. The minimum Gasteiger partial charge on any atom is -0.343 e. The zero-order valence-electron chi connectivity index (χ0n) is 17.5. The van der Waals surface area contributed by atoms with Crippen LogP contribution in [0.15, 0.2) is 50.0 Å².